The predicted molar refractivity (Wildman–Crippen MR) is 87.6 cm³/mol. The number of hydroxylamine groups is 2. The predicted octanol–water partition coefficient (Wildman–Crippen LogP) is 3.58. The number of hydrazine groups is 1. The summed E-state index contributed by atoms with van der Waals surface area (Å²) in [5, 5.41) is 2.18. The van der Waals surface area contributed by atoms with E-state index >= 15 is 0 Å². The van der Waals surface area contributed by atoms with Gasteiger partial charge in [0, 0.05) is 6.20 Å². The average Bonchev–Trinajstić information content (AvgIpc) is 3.18. The lowest BCUT2D eigenvalue weighted by atomic mass is 10.1. The summed E-state index contributed by atoms with van der Waals surface area (Å²) in [5.41, 5.74) is 8.80. The van der Waals surface area contributed by atoms with Crippen LogP contribution in [0.25, 0.3) is 10.2 Å². The summed E-state index contributed by atoms with van der Waals surface area (Å²) < 4.78 is 14.1. The van der Waals surface area contributed by atoms with Gasteiger partial charge in [0.15, 0.2) is 0 Å². The van der Waals surface area contributed by atoms with Gasteiger partial charge in [-0.3, -0.25) is 0 Å². The minimum atomic E-state index is -0.213. The number of fused-ring (bicyclic) bond motifs is 1. The van der Waals surface area contributed by atoms with Crippen molar-refractivity contribution in [1.29, 1.82) is 0 Å². The van der Waals surface area contributed by atoms with Crippen LogP contribution < -0.4 is 10.9 Å². The van der Waals surface area contributed by atoms with E-state index in [1.807, 2.05) is 24.3 Å². The lowest BCUT2D eigenvalue weighted by Crippen LogP contribution is -2.23. The van der Waals surface area contributed by atoms with Crippen molar-refractivity contribution in [3.8, 4) is 0 Å². The molecule has 0 bridgehead atoms. The summed E-state index contributed by atoms with van der Waals surface area (Å²) >= 11 is 1.55. The molecule has 2 N–H and O–H groups in total. The highest BCUT2D eigenvalue weighted by molar-refractivity contribution is 7.22. The van der Waals surface area contributed by atoms with Crippen LogP contribution in [0.1, 0.15) is 11.1 Å². The summed E-state index contributed by atoms with van der Waals surface area (Å²) in [4.78, 5) is 9.57. The average molecular weight is 328 g/mol. The number of nitrogens with one attached hydrogen (secondary N) is 2. The Kier molecular flexibility index (Phi) is 3.57. The second kappa shape index (κ2) is 5.86. The summed E-state index contributed by atoms with van der Waals surface area (Å²) in [5.74, 6) is -0.213. The van der Waals surface area contributed by atoms with Crippen LogP contribution in [0, 0.1) is 5.82 Å². The molecule has 1 aromatic heterocycles. The third-order valence-electron chi connectivity index (χ3n) is 3.41. The zero-order chi connectivity index (χ0) is 15.6. The number of benzene rings is 2. The highest BCUT2D eigenvalue weighted by atomic mass is 32.1. The Morgan fingerprint density at radius 3 is 2.78 bits per heavy atom. The second-order valence-corrected chi connectivity index (χ2v) is 6.12. The monoisotopic (exact) mass is 328 g/mol. The Labute approximate surface area is 135 Å². The number of anilines is 1. The van der Waals surface area contributed by atoms with Gasteiger partial charge in [-0.1, -0.05) is 29.5 Å². The molecule has 0 saturated heterocycles. The lowest BCUT2D eigenvalue weighted by Gasteiger charge is -2.11. The Bertz CT molecular complexity index is 862. The molecule has 1 aliphatic heterocycles. The molecule has 0 atom stereocenters. The molecule has 0 unspecified atom stereocenters. The van der Waals surface area contributed by atoms with Gasteiger partial charge in [-0.2, -0.15) is 0 Å². The molecule has 0 saturated carbocycles. The van der Waals surface area contributed by atoms with Gasteiger partial charge >= 0.3 is 0 Å². The van der Waals surface area contributed by atoms with Crippen molar-refractivity contribution < 1.29 is 9.33 Å². The normalized spacial score (nSPS) is 13.5. The number of aromatic nitrogens is 1. The summed E-state index contributed by atoms with van der Waals surface area (Å²) in [6, 6.07) is 12.7. The summed E-state index contributed by atoms with van der Waals surface area (Å²) in [6.45, 7) is 0. The molecule has 0 radical (unpaired) electrons. The molecule has 0 amide bonds. The second-order valence-electron chi connectivity index (χ2n) is 5.09. The van der Waals surface area contributed by atoms with Crippen LogP contribution in [0.5, 0.6) is 0 Å². The van der Waals surface area contributed by atoms with E-state index in [1.165, 1.54) is 22.9 Å². The van der Waals surface area contributed by atoms with Crippen LogP contribution in [0.2, 0.25) is 0 Å². The Balaban J connectivity index is 1.55. The summed E-state index contributed by atoms with van der Waals surface area (Å²) in [7, 11) is 0. The number of hydrogen-bond acceptors (Lipinski definition) is 6. The van der Waals surface area contributed by atoms with E-state index in [4.69, 9.17) is 4.94 Å². The molecule has 2 aromatic carbocycles. The fourth-order valence-corrected chi connectivity index (χ4v) is 3.25. The van der Waals surface area contributed by atoms with Gasteiger partial charge < -0.3 is 0 Å². The van der Waals surface area contributed by atoms with E-state index in [-0.39, 0.29) is 5.82 Å². The van der Waals surface area contributed by atoms with Gasteiger partial charge in [-0.05, 0) is 41.8 Å². The van der Waals surface area contributed by atoms with Crippen molar-refractivity contribution >= 4 is 26.7 Å². The van der Waals surface area contributed by atoms with Crippen LogP contribution in [-0.2, 0) is 11.4 Å². The minimum absolute atomic E-state index is 0.213. The third kappa shape index (κ3) is 3.10. The molecular weight excluding hydrogens is 315 g/mol. The molecular formula is C16H13FN4OS. The molecule has 1 aliphatic rings. The number of thiazole rings is 1. The Hall–Kier alpha value is -2.64. The smallest absolute Gasteiger partial charge is 0.204 e. The van der Waals surface area contributed by atoms with Gasteiger partial charge in [0.25, 0.3) is 0 Å². The van der Waals surface area contributed by atoms with Crippen LogP contribution >= 0.6 is 11.3 Å². The van der Waals surface area contributed by atoms with Gasteiger partial charge in [0.2, 0.25) is 5.13 Å². The number of halogens is 1. The molecule has 0 spiro atoms. The van der Waals surface area contributed by atoms with Crippen LogP contribution in [0.15, 0.2) is 54.9 Å². The van der Waals surface area contributed by atoms with Gasteiger partial charge in [0.1, 0.15) is 5.82 Å². The Morgan fingerprint density at radius 2 is 2.00 bits per heavy atom. The molecule has 5 nitrogen and oxygen atoms in total. The van der Waals surface area contributed by atoms with Gasteiger partial charge in [-0.15, -0.1) is 10.1 Å². The highest BCUT2D eigenvalue weighted by Gasteiger charge is 2.10. The van der Waals surface area contributed by atoms with Crippen molar-refractivity contribution in [3.63, 3.8) is 0 Å². The van der Waals surface area contributed by atoms with Crippen LogP contribution in [0.4, 0.5) is 9.52 Å². The zero-order valence-corrected chi connectivity index (χ0v) is 12.8. The maximum absolute atomic E-state index is 13.0. The Morgan fingerprint density at radius 1 is 1.17 bits per heavy atom. The fraction of sp³-hybridized carbons (Fsp3) is 0.0625. The third-order valence-corrected chi connectivity index (χ3v) is 4.33. The minimum Gasteiger partial charge on any atom is -0.247 e. The maximum Gasteiger partial charge on any atom is 0.204 e. The molecule has 7 heteroatoms. The first-order valence-corrected chi connectivity index (χ1v) is 7.87. The van der Waals surface area contributed by atoms with E-state index in [0.29, 0.717) is 0 Å². The maximum atomic E-state index is 13.0. The lowest BCUT2D eigenvalue weighted by molar-refractivity contribution is -0.124. The van der Waals surface area contributed by atoms with Crippen molar-refractivity contribution in [2.45, 2.75) is 6.42 Å². The largest absolute Gasteiger partial charge is 0.247 e. The SMILES string of the molecule is Fc1ccc(Cc2ccc3nc(NN4C=CNO4)sc3c2)cc1. The molecule has 2 heterocycles. The fourth-order valence-electron chi connectivity index (χ4n) is 2.33. The van der Waals surface area contributed by atoms with E-state index in [0.717, 1.165) is 27.3 Å². The first-order valence-electron chi connectivity index (χ1n) is 7.05. The van der Waals surface area contributed by atoms with Crippen molar-refractivity contribution in [2.24, 2.45) is 0 Å². The zero-order valence-electron chi connectivity index (χ0n) is 12.0. The molecule has 116 valence electrons. The molecule has 0 aliphatic carbocycles. The molecule has 3 aromatic rings. The van der Waals surface area contributed by atoms with E-state index < -0.39 is 0 Å². The first-order chi connectivity index (χ1) is 11.3. The standard InChI is InChI=1S/C16H13FN4OS/c17-13-4-1-11(2-5-13)9-12-3-6-14-15(10-12)23-16(19-14)20-21-8-7-18-22-21/h1-8,10,18H,9H2,(H,19,20). The van der Waals surface area contributed by atoms with Crippen LogP contribution in [0.3, 0.4) is 0 Å². The number of hydrogen-bond donors (Lipinski definition) is 2. The number of rotatable bonds is 4. The van der Waals surface area contributed by atoms with Crippen LogP contribution in [-0.4, -0.2) is 10.2 Å². The first kappa shape index (κ1) is 14.0. The molecule has 23 heavy (non-hydrogen) atoms. The van der Waals surface area contributed by atoms with Crippen molar-refractivity contribution in [1.82, 2.24) is 15.6 Å². The van der Waals surface area contributed by atoms with E-state index in [2.05, 4.69) is 22.0 Å². The van der Waals surface area contributed by atoms with Gasteiger partial charge in [0.05, 0.1) is 16.4 Å². The van der Waals surface area contributed by atoms with Crippen molar-refractivity contribution in [2.75, 3.05) is 5.43 Å². The van der Waals surface area contributed by atoms with E-state index in [1.54, 1.807) is 23.7 Å². The topological polar surface area (TPSA) is 49.4 Å². The quantitative estimate of drug-likeness (QED) is 0.767. The molecule has 0 fully saturated rings. The molecule has 4 rings (SSSR count). The van der Waals surface area contributed by atoms with E-state index in [9.17, 15) is 4.39 Å². The van der Waals surface area contributed by atoms with Crippen molar-refractivity contribution in [3.05, 3.63) is 71.8 Å². The highest BCUT2D eigenvalue weighted by Crippen LogP contribution is 2.28. The summed E-state index contributed by atoms with van der Waals surface area (Å²) in [6.07, 6.45) is 4.14. The number of nitrogens with zero attached hydrogens (tertiary/aromatic N) is 2. The van der Waals surface area contributed by atoms with Gasteiger partial charge in [-0.25, -0.2) is 20.3 Å².